The van der Waals surface area contributed by atoms with E-state index in [0.29, 0.717) is 23.0 Å². The third kappa shape index (κ3) is 2.85. The van der Waals surface area contributed by atoms with Gasteiger partial charge in [0, 0.05) is 0 Å². The van der Waals surface area contributed by atoms with Crippen molar-refractivity contribution < 1.29 is 23.7 Å². The SMILES string of the molecule is COc1cc2c(cc1C)c1cc(OC)c(OC)cc1c1cc(OC)c(OC)cc21. The van der Waals surface area contributed by atoms with Crippen LogP contribution in [-0.2, 0) is 0 Å². The molecule has 0 aliphatic carbocycles. The molecule has 29 heavy (non-hydrogen) atoms. The van der Waals surface area contributed by atoms with Crippen LogP contribution in [-0.4, -0.2) is 35.5 Å². The molecule has 0 heterocycles. The minimum atomic E-state index is 0.675. The second-order valence-corrected chi connectivity index (χ2v) is 6.87. The van der Waals surface area contributed by atoms with Crippen molar-refractivity contribution in [3.05, 3.63) is 42.0 Å². The molecule has 0 aromatic heterocycles. The zero-order chi connectivity index (χ0) is 20.7. The first-order chi connectivity index (χ1) is 14.1. The first-order valence-corrected chi connectivity index (χ1v) is 9.28. The molecule has 0 aliphatic heterocycles. The van der Waals surface area contributed by atoms with Crippen LogP contribution in [0.15, 0.2) is 36.4 Å². The summed E-state index contributed by atoms with van der Waals surface area (Å²) >= 11 is 0. The fourth-order valence-electron chi connectivity index (χ4n) is 4.00. The number of hydrogen-bond acceptors (Lipinski definition) is 5. The van der Waals surface area contributed by atoms with Crippen molar-refractivity contribution in [2.45, 2.75) is 6.92 Å². The first kappa shape index (κ1) is 19.0. The maximum absolute atomic E-state index is 5.60. The summed E-state index contributed by atoms with van der Waals surface area (Å²) in [5.41, 5.74) is 1.07. The number of ether oxygens (including phenoxy) is 5. The highest BCUT2D eigenvalue weighted by molar-refractivity contribution is 6.26. The van der Waals surface area contributed by atoms with Crippen LogP contribution in [0.25, 0.3) is 32.3 Å². The zero-order valence-corrected chi connectivity index (χ0v) is 17.5. The summed E-state index contributed by atoms with van der Waals surface area (Å²) in [6.45, 7) is 2.05. The molecular weight excluding hydrogens is 368 g/mol. The topological polar surface area (TPSA) is 46.2 Å². The third-order valence-corrected chi connectivity index (χ3v) is 5.45. The van der Waals surface area contributed by atoms with Crippen molar-refractivity contribution in [3.8, 4) is 28.7 Å². The van der Waals surface area contributed by atoms with Crippen LogP contribution >= 0.6 is 0 Å². The van der Waals surface area contributed by atoms with E-state index in [0.717, 1.165) is 43.6 Å². The molecule has 0 saturated carbocycles. The van der Waals surface area contributed by atoms with E-state index in [4.69, 9.17) is 23.7 Å². The Morgan fingerprint density at radius 1 is 0.379 bits per heavy atom. The summed E-state index contributed by atoms with van der Waals surface area (Å²) < 4.78 is 27.9. The monoisotopic (exact) mass is 392 g/mol. The molecule has 0 fully saturated rings. The smallest absolute Gasteiger partial charge is 0.161 e. The predicted molar refractivity (Wildman–Crippen MR) is 116 cm³/mol. The highest BCUT2D eigenvalue weighted by atomic mass is 16.5. The lowest BCUT2D eigenvalue weighted by Crippen LogP contribution is -1.95. The van der Waals surface area contributed by atoms with Crippen molar-refractivity contribution in [1.29, 1.82) is 0 Å². The van der Waals surface area contributed by atoms with Crippen LogP contribution < -0.4 is 23.7 Å². The lowest BCUT2D eigenvalue weighted by Gasteiger charge is -2.17. The highest BCUT2D eigenvalue weighted by Gasteiger charge is 2.17. The molecule has 5 nitrogen and oxygen atoms in total. The predicted octanol–water partition coefficient (Wildman–Crippen LogP) is 5.50. The summed E-state index contributed by atoms with van der Waals surface area (Å²) in [5.74, 6) is 3.57. The largest absolute Gasteiger partial charge is 0.496 e. The van der Waals surface area contributed by atoms with Crippen molar-refractivity contribution in [2.24, 2.45) is 0 Å². The maximum atomic E-state index is 5.60. The Hall–Kier alpha value is -3.34. The Bertz CT molecular complexity index is 1200. The van der Waals surface area contributed by atoms with E-state index in [-0.39, 0.29) is 0 Å². The van der Waals surface area contributed by atoms with Gasteiger partial charge >= 0.3 is 0 Å². The molecule has 4 aromatic rings. The molecular formula is C24H24O5. The number of methoxy groups -OCH3 is 5. The first-order valence-electron chi connectivity index (χ1n) is 9.28. The van der Waals surface area contributed by atoms with Gasteiger partial charge in [0.15, 0.2) is 23.0 Å². The number of hydrogen-bond donors (Lipinski definition) is 0. The second kappa shape index (κ2) is 7.24. The van der Waals surface area contributed by atoms with Crippen molar-refractivity contribution >= 4 is 32.3 Å². The van der Waals surface area contributed by atoms with Crippen LogP contribution in [0.5, 0.6) is 28.7 Å². The van der Waals surface area contributed by atoms with Gasteiger partial charge in [-0.25, -0.2) is 0 Å². The van der Waals surface area contributed by atoms with Gasteiger partial charge in [-0.3, -0.25) is 0 Å². The average Bonchev–Trinajstić information content (AvgIpc) is 2.76. The Kier molecular flexibility index (Phi) is 4.74. The minimum Gasteiger partial charge on any atom is -0.496 e. The molecule has 0 saturated heterocycles. The Labute approximate surface area is 169 Å². The molecule has 0 aliphatic rings. The van der Waals surface area contributed by atoms with Crippen LogP contribution in [0.3, 0.4) is 0 Å². The van der Waals surface area contributed by atoms with Gasteiger partial charge in [-0.1, -0.05) is 0 Å². The van der Waals surface area contributed by atoms with Crippen LogP contribution in [0, 0.1) is 6.92 Å². The molecule has 4 aromatic carbocycles. The van der Waals surface area contributed by atoms with E-state index < -0.39 is 0 Å². The quantitative estimate of drug-likeness (QED) is 0.420. The van der Waals surface area contributed by atoms with Crippen LogP contribution in [0.2, 0.25) is 0 Å². The van der Waals surface area contributed by atoms with Gasteiger partial charge < -0.3 is 23.7 Å². The second-order valence-electron chi connectivity index (χ2n) is 6.87. The minimum absolute atomic E-state index is 0.675. The molecule has 0 N–H and O–H groups in total. The van der Waals surface area contributed by atoms with E-state index >= 15 is 0 Å². The van der Waals surface area contributed by atoms with Crippen LogP contribution in [0.1, 0.15) is 5.56 Å². The summed E-state index contributed by atoms with van der Waals surface area (Å²) in [6, 6.07) is 12.3. The van der Waals surface area contributed by atoms with Crippen molar-refractivity contribution in [2.75, 3.05) is 35.5 Å². The van der Waals surface area contributed by atoms with Crippen molar-refractivity contribution in [1.82, 2.24) is 0 Å². The Balaban J connectivity index is 2.30. The van der Waals surface area contributed by atoms with Gasteiger partial charge in [-0.2, -0.15) is 0 Å². The van der Waals surface area contributed by atoms with E-state index in [1.165, 1.54) is 0 Å². The number of benzene rings is 4. The summed E-state index contributed by atoms with van der Waals surface area (Å²) in [5, 5.41) is 6.40. The number of rotatable bonds is 5. The van der Waals surface area contributed by atoms with E-state index in [1.54, 1.807) is 35.5 Å². The van der Waals surface area contributed by atoms with Gasteiger partial charge in [0.25, 0.3) is 0 Å². The molecule has 150 valence electrons. The van der Waals surface area contributed by atoms with E-state index in [9.17, 15) is 0 Å². The number of fused-ring (bicyclic) bond motifs is 6. The molecule has 0 spiro atoms. The van der Waals surface area contributed by atoms with Gasteiger partial charge in [0.05, 0.1) is 35.5 Å². The molecule has 0 atom stereocenters. The lowest BCUT2D eigenvalue weighted by molar-refractivity contribution is 0.355. The standard InChI is InChI=1S/C24H24O5/c1-13-7-14-15(8-20(13)25-2)17-10-22(27-4)24(29-6)12-19(17)18-11-23(28-5)21(26-3)9-16(14)18/h7-12H,1-6H3. The van der Waals surface area contributed by atoms with Crippen LogP contribution in [0.4, 0.5) is 0 Å². The van der Waals surface area contributed by atoms with Gasteiger partial charge in [-0.15, -0.1) is 0 Å². The molecule has 4 rings (SSSR count). The lowest BCUT2D eigenvalue weighted by atomic mass is 9.92. The van der Waals surface area contributed by atoms with E-state index in [1.807, 2.05) is 31.2 Å². The van der Waals surface area contributed by atoms with Gasteiger partial charge in [0.1, 0.15) is 5.75 Å². The van der Waals surface area contributed by atoms with Crippen molar-refractivity contribution in [3.63, 3.8) is 0 Å². The molecule has 0 amide bonds. The normalized spacial score (nSPS) is 11.1. The molecule has 0 radical (unpaired) electrons. The maximum Gasteiger partial charge on any atom is 0.161 e. The summed E-state index contributed by atoms with van der Waals surface area (Å²) in [4.78, 5) is 0. The van der Waals surface area contributed by atoms with E-state index in [2.05, 4.69) is 12.1 Å². The highest BCUT2D eigenvalue weighted by Crippen LogP contribution is 2.45. The summed E-state index contributed by atoms with van der Waals surface area (Å²) in [7, 11) is 8.27. The molecule has 0 unspecified atom stereocenters. The summed E-state index contributed by atoms with van der Waals surface area (Å²) in [6.07, 6.45) is 0. The fourth-order valence-corrected chi connectivity index (χ4v) is 4.00. The Morgan fingerprint density at radius 3 is 0.897 bits per heavy atom. The average molecular weight is 392 g/mol. The molecule has 5 heteroatoms. The van der Waals surface area contributed by atoms with Gasteiger partial charge in [0.2, 0.25) is 0 Å². The molecule has 0 bridgehead atoms. The zero-order valence-electron chi connectivity index (χ0n) is 17.5. The van der Waals surface area contributed by atoms with Gasteiger partial charge in [-0.05, 0) is 81.2 Å². The number of aryl methyl sites for hydroxylation is 1. The Morgan fingerprint density at radius 2 is 0.621 bits per heavy atom. The fraction of sp³-hybridized carbons (Fsp3) is 0.250. The third-order valence-electron chi connectivity index (χ3n) is 5.45.